The molecule has 1 saturated carbocycles. The van der Waals surface area contributed by atoms with E-state index in [1.165, 1.54) is 0 Å². The molecule has 0 bridgehead atoms. The lowest BCUT2D eigenvalue weighted by Crippen LogP contribution is -2.45. The van der Waals surface area contributed by atoms with Crippen LogP contribution >= 0.6 is 12.4 Å². The number of halogens is 1. The zero-order valence-corrected chi connectivity index (χ0v) is 15.1. The van der Waals surface area contributed by atoms with Gasteiger partial charge in [0, 0.05) is 19.0 Å². The van der Waals surface area contributed by atoms with Crippen LogP contribution in [0.2, 0.25) is 0 Å². The lowest BCUT2D eigenvalue weighted by molar-refractivity contribution is -0.129. The summed E-state index contributed by atoms with van der Waals surface area (Å²) in [5.74, 6) is 0.457. The summed E-state index contributed by atoms with van der Waals surface area (Å²) < 4.78 is 0. The van der Waals surface area contributed by atoms with Crippen molar-refractivity contribution in [2.75, 3.05) is 6.54 Å². The van der Waals surface area contributed by atoms with Gasteiger partial charge in [0.1, 0.15) is 6.04 Å². The second kappa shape index (κ2) is 9.64. The fourth-order valence-corrected chi connectivity index (χ4v) is 2.55. The van der Waals surface area contributed by atoms with E-state index in [1.54, 1.807) is 0 Å². The maximum atomic E-state index is 12.5. The first kappa shape index (κ1) is 20.5. The Morgan fingerprint density at radius 1 is 1.21 bits per heavy atom. The van der Waals surface area contributed by atoms with Crippen LogP contribution in [0.25, 0.3) is 0 Å². The zero-order valence-electron chi connectivity index (χ0n) is 14.3. The molecule has 134 valence electrons. The van der Waals surface area contributed by atoms with E-state index < -0.39 is 6.04 Å². The molecule has 2 amide bonds. The molecule has 5 nitrogen and oxygen atoms in total. The molecule has 1 aromatic carbocycles. The van der Waals surface area contributed by atoms with E-state index in [2.05, 4.69) is 10.6 Å². The van der Waals surface area contributed by atoms with Crippen LogP contribution in [0, 0.1) is 11.8 Å². The highest BCUT2D eigenvalue weighted by molar-refractivity contribution is 5.88. The summed E-state index contributed by atoms with van der Waals surface area (Å²) in [6.45, 7) is 4.41. The van der Waals surface area contributed by atoms with Gasteiger partial charge in [0.2, 0.25) is 11.8 Å². The van der Waals surface area contributed by atoms with Gasteiger partial charge in [0.15, 0.2) is 0 Å². The van der Waals surface area contributed by atoms with E-state index in [1.807, 2.05) is 44.2 Å². The molecule has 1 aliphatic carbocycles. The van der Waals surface area contributed by atoms with E-state index in [0.29, 0.717) is 18.9 Å². The van der Waals surface area contributed by atoms with Crippen LogP contribution in [0.15, 0.2) is 30.3 Å². The summed E-state index contributed by atoms with van der Waals surface area (Å²) >= 11 is 0. The number of benzene rings is 1. The minimum absolute atomic E-state index is 0. The minimum Gasteiger partial charge on any atom is -0.352 e. The summed E-state index contributed by atoms with van der Waals surface area (Å²) in [5, 5.41) is 5.72. The first-order chi connectivity index (χ1) is 11.0. The Kier molecular flexibility index (Phi) is 8.22. The van der Waals surface area contributed by atoms with Crippen molar-refractivity contribution in [2.45, 2.75) is 45.2 Å². The monoisotopic (exact) mass is 353 g/mol. The average Bonchev–Trinajstić information content (AvgIpc) is 3.35. The quantitative estimate of drug-likeness (QED) is 0.669. The van der Waals surface area contributed by atoms with Gasteiger partial charge in [-0.25, -0.2) is 0 Å². The first-order valence-electron chi connectivity index (χ1n) is 8.35. The van der Waals surface area contributed by atoms with Crippen molar-refractivity contribution in [1.29, 1.82) is 0 Å². The highest BCUT2D eigenvalue weighted by atomic mass is 35.5. The molecule has 6 heteroatoms. The van der Waals surface area contributed by atoms with Crippen molar-refractivity contribution in [3.8, 4) is 0 Å². The second-order valence-electron chi connectivity index (χ2n) is 6.76. The van der Waals surface area contributed by atoms with E-state index in [0.717, 1.165) is 18.4 Å². The van der Waals surface area contributed by atoms with Crippen LogP contribution < -0.4 is 16.4 Å². The van der Waals surface area contributed by atoms with Gasteiger partial charge >= 0.3 is 0 Å². The molecule has 0 spiro atoms. The number of nitrogens with two attached hydrogens (primary N) is 1. The van der Waals surface area contributed by atoms with Crippen LogP contribution in [0.1, 0.15) is 44.7 Å². The van der Waals surface area contributed by atoms with E-state index in [-0.39, 0.29) is 36.2 Å². The van der Waals surface area contributed by atoms with Gasteiger partial charge in [-0.2, -0.15) is 0 Å². The molecular formula is C18H28ClN3O2. The van der Waals surface area contributed by atoms with Crippen molar-refractivity contribution >= 4 is 24.2 Å². The molecular weight excluding hydrogens is 326 g/mol. The van der Waals surface area contributed by atoms with Gasteiger partial charge in [-0.3, -0.25) is 9.59 Å². The second-order valence-corrected chi connectivity index (χ2v) is 6.76. The first-order valence-corrected chi connectivity index (χ1v) is 8.35. The Hall–Kier alpha value is -1.59. The largest absolute Gasteiger partial charge is 0.352 e. The Morgan fingerprint density at radius 2 is 1.83 bits per heavy atom. The number of carbonyl (C=O) groups excluding carboxylic acids is 2. The fourth-order valence-electron chi connectivity index (χ4n) is 2.55. The molecule has 24 heavy (non-hydrogen) atoms. The SMILES string of the molecule is CC(C)CC(=O)NC(C(=O)NCC(N)C1CC1)c1ccccc1.Cl. The molecule has 4 N–H and O–H groups in total. The molecule has 1 fully saturated rings. The Morgan fingerprint density at radius 3 is 2.38 bits per heavy atom. The number of hydrogen-bond acceptors (Lipinski definition) is 3. The number of nitrogens with one attached hydrogen (secondary N) is 2. The third kappa shape index (κ3) is 6.49. The van der Waals surface area contributed by atoms with Gasteiger partial charge in [0.25, 0.3) is 0 Å². The Balaban J connectivity index is 0.00000288. The predicted molar refractivity (Wildman–Crippen MR) is 97.7 cm³/mol. The molecule has 0 heterocycles. The summed E-state index contributed by atoms with van der Waals surface area (Å²) in [6, 6.07) is 8.63. The Bertz CT molecular complexity index is 532. The number of amides is 2. The molecule has 1 aliphatic rings. The van der Waals surface area contributed by atoms with Gasteiger partial charge in [-0.05, 0) is 30.2 Å². The molecule has 0 saturated heterocycles. The fraction of sp³-hybridized carbons (Fsp3) is 0.556. The molecule has 0 aromatic heterocycles. The van der Waals surface area contributed by atoms with Crippen molar-refractivity contribution in [2.24, 2.45) is 17.6 Å². The van der Waals surface area contributed by atoms with Crippen molar-refractivity contribution in [3.05, 3.63) is 35.9 Å². The molecule has 0 aliphatic heterocycles. The highest BCUT2D eigenvalue weighted by Crippen LogP contribution is 2.31. The molecule has 1 aromatic rings. The lowest BCUT2D eigenvalue weighted by Gasteiger charge is -2.21. The van der Waals surface area contributed by atoms with E-state index in [4.69, 9.17) is 5.73 Å². The average molecular weight is 354 g/mol. The minimum atomic E-state index is -0.672. The highest BCUT2D eigenvalue weighted by Gasteiger charge is 2.29. The topological polar surface area (TPSA) is 84.2 Å². The number of rotatable bonds is 8. The van der Waals surface area contributed by atoms with Crippen LogP contribution in [0.5, 0.6) is 0 Å². The molecule has 0 radical (unpaired) electrons. The summed E-state index contributed by atoms with van der Waals surface area (Å²) in [6.07, 6.45) is 2.69. The number of carbonyl (C=O) groups is 2. The molecule has 2 atom stereocenters. The molecule has 2 unspecified atom stereocenters. The third-order valence-electron chi connectivity index (χ3n) is 4.03. The van der Waals surface area contributed by atoms with Gasteiger partial charge < -0.3 is 16.4 Å². The summed E-state index contributed by atoms with van der Waals surface area (Å²) in [4.78, 5) is 24.6. The standard InChI is InChI=1S/C18H27N3O2.ClH/c1-12(2)10-16(22)21-17(14-6-4-3-5-7-14)18(23)20-11-15(19)13-8-9-13;/h3-7,12-13,15,17H,8-11,19H2,1-2H3,(H,20,23)(H,21,22);1H. The predicted octanol–water partition coefficient (Wildman–Crippen LogP) is 2.17. The molecule has 2 rings (SSSR count). The zero-order chi connectivity index (χ0) is 16.8. The lowest BCUT2D eigenvalue weighted by atomic mass is 10.0. The van der Waals surface area contributed by atoms with Crippen LogP contribution in [0.4, 0.5) is 0 Å². The Labute approximate surface area is 150 Å². The maximum Gasteiger partial charge on any atom is 0.247 e. The normalized spacial score (nSPS) is 16.0. The maximum absolute atomic E-state index is 12.5. The van der Waals surface area contributed by atoms with E-state index in [9.17, 15) is 9.59 Å². The van der Waals surface area contributed by atoms with Crippen LogP contribution in [-0.2, 0) is 9.59 Å². The van der Waals surface area contributed by atoms with E-state index >= 15 is 0 Å². The smallest absolute Gasteiger partial charge is 0.247 e. The summed E-state index contributed by atoms with van der Waals surface area (Å²) in [7, 11) is 0. The van der Waals surface area contributed by atoms with Crippen LogP contribution in [0.3, 0.4) is 0 Å². The number of hydrogen-bond donors (Lipinski definition) is 3. The van der Waals surface area contributed by atoms with Crippen molar-refractivity contribution in [1.82, 2.24) is 10.6 Å². The van der Waals surface area contributed by atoms with Crippen molar-refractivity contribution < 1.29 is 9.59 Å². The summed E-state index contributed by atoms with van der Waals surface area (Å²) in [5.41, 5.74) is 6.81. The van der Waals surface area contributed by atoms with Crippen LogP contribution in [-0.4, -0.2) is 24.4 Å². The van der Waals surface area contributed by atoms with Gasteiger partial charge in [0.05, 0.1) is 0 Å². The van der Waals surface area contributed by atoms with Gasteiger partial charge in [-0.1, -0.05) is 44.2 Å². The third-order valence-corrected chi connectivity index (χ3v) is 4.03. The van der Waals surface area contributed by atoms with Crippen molar-refractivity contribution in [3.63, 3.8) is 0 Å². The van der Waals surface area contributed by atoms with Gasteiger partial charge in [-0.15, -0.1) is 12.4 Å².